The summed E-state index contributed by atoms with van der Waals surface area (Å²) in [6.07, 6.45) is -4.00. The molecule has 0 aliphatic carbocycles. The highest BCUT2D eigenvalue weighted by Gasteiger charge is 2.31. The minimum atomic E-state index is -4.85. The molecule has 0 saturated heterocycles. The third kappa shape index (κ3) is 3.72. The number of rotatable bonds is 3. The molecule has 0 unspecified atom stereocenters. The van der Waals surface area contributed by atoms with Gasteiger partial charge in [-0.05, 0) is 18.2 Å². The van der Waals surface area contributed by atoms with Crippen molar-refractivity contribution in [1.82, 2.24) is 4.98 Å². The SMILES string of the molecule is COC(=O)c1cc(F)cnc1-c1cccc(OC(F)(F)F)c1. The number of alkyl halides is 3. The second-order valence-electron chi connectivity index (χ2n) is 4.12. The van der Waals surface area contributed by atoms with E-state index in [1.54, 1.807) is 0 Å². The van der Waals surface area contributed by atoms with Crippen LogP contribution in [0.3, 0.4) is 0 Å². The topological polar surface area (TPSA) is 48.4 Å². The minimum absolute atomic E-state index is 0.0131. The van der Waals surface area contributed by atoms with E-state index in [1.165, 1.54) is 12.1 Å². The van der Waals surface area contributed by atoms with E-state index in [0.29, 0.717) is 0 Å². The Morgan fingerprint density at radius 2 is 1.95 bits per heavy atom. The van der Waals surface area contributed by atoms with Crippen LogP contribution in [0.15, 0.2) is 36.5 Å². The number of esters is 1. The van der Waals surface area contributed by atoms with Gasteiger partial charge in [-0.3, -0.25) is 4.98 Å². The summed E-state index contributed by atoms with van der Waals surface area (Å²) < 4.78 is 58.2. The number of pyridine rings is 1. The zero-order chi connectivity index (χ0) is 16.3. The second kappa shape index (κ2) is 6.00. The fourth-order valence-electron chi connectivity index (χ4n) is 1.78. The molecule has 0 radical (unpaired) electrons. The number of ether oxygens (including phenoxy) is 2. The summed E-state index contributed by atoms with van der Waals surface area (Å²) in [7, 11) is 1.10. The van der Waals surface area contributed by atoms with Gasteiger partial charge in [0.1, 0.15) is 11.6 Å². The number of carbonyl (C=O) groups excluding carboxylic acids is 1. The van der Waals surface area contributed by atoms with E-state index in [4.69, 9.17) is 0 Å². The quantitative estimate of drug-likeness (QED) is 0.642. The Labute approximate surface area is 122 Å². The van der Waals surface area contributed by atoms with Crippen molar-refractivity contribution in [2.24, 2.45) is 0 Å². The van der Waals surface area contributed by atoms with E-state index in [0.717, 1.165) is 31.5 Å². The fourth-order valence-corrected chi connectivity index (χ4v) is 1.78. The minimum Gasteiger partial charge on any atom is -0.465 e. The summed E-state index contributed by atoms with van der Waals surface area (Å²) in [5, 5.41) is 0. The van der Waals surface area contributed by atoms with Crippen molar-refractivity contribution in [2.45, 2.75) is 6.36 Å². The largest absolute Gasteiger partial charge is 0.573 e. The smallest absolute Gasteiger partial charge is 0.465 e. The average molecular weight is 315 g/mol. The van der Waals surface area contributed by atoms with Crippen molar-refractivity contribution in [1.29, 1.82) is 0 Å². The van der Waals surface area contributed by atoms with Crippen LogP contribution in [-0.2, 0) is 4.74 Å². The van der Waals surface area contributed by atoms with Crippen molar-refractivity contribution in [3.8, 4) is 17.0 Å². The molecule has 0 fully saturated rings. The van der Waals surface area contributed by atoms with Gasteiger partial charge in [-0.1, -0.05) is 12.1 Å². The first kappa shape index (κ1) is 15.7. The molecule has 2 rings (SSSR count). The van der Waals surface area contributed by atoms with E-state index in [1.807, 2.05) is 0 Å². The molecule has 0 saturated carbocycles. The van der Waals surface area contributed by atoms with Crippen molar-refractivity contribution in [2.75, 3.05) is 7.11 Å². The van der Waals surface area contributed by atoms with Gasteiger partial charge in [-0.25, -0.2) is 9.18 Å². The third-order valence-electron chi connectivity index (χ3n) is 2.60. The molecule has 116 valence electrons. The van der Waals surface area contributed by atoms with Crippen molar-refractivity contribution >= 4 is 5.97 Å². The van der Waals surface area contributed by atoms with Gasteiger partial charge in [0.05, 0.1) is 24.6 Å². The Hall–Kier alpha value is -2.64. The van der Waals surface area contributed by atoms with Crippen molar-refractivity contribution in [3.05, 3.63) is 47.9 Å². The highest BCUT2D eigenvalue weighted by molar-refractivity contribution is 5.96. The molecule has 0 atom stereocenters. The van der Waals surface area contributed by atoms with E-state index in [2.05, 4.69) is 14.5 Å². The maximum atomic E-state index is 13.2. The van der Waals surface area contributed by atoms with Crippen LogP contribution in [0.2, 0.25) is 0 Å². The Morgan fingerprint density at radius 3 is 2.59 bits per heavy atom. The Morgan fingerprint density at radius 1 is 1.23 bits per heavy atom. The number of methoxy groups -OCH3 is 1. The molecule has 0 amide bonds. The standard InChI is InChI=1S/C14H9F4NO3/c1-21-13(20)11-6-9(15)7-19-12(11)8-3-2-4-10(5-8)22-14(16,17)18/h2-7H,1H3. The lowest BCUT2D eigenvalue weighted by Crippen LogP contribution is -2.17. The van der Waals surface area contributed by atoms with Crippen LogP contribution < -0.4 is 4.74 Å². The van der Waals surface area contributed by atoms with Crippen LogP contribution in [0.1, 0.15) is 10.4 Å². The maximum Gasteiger partial charge on any atom is 0.573 e. The third-order valence-corrected chi connectivity index (χ3v) is 2.60. The van der Waals surface area contributed by atoms with Gasteiger partial charge in [0, 0.05) is 5.56 Å². The van der Waals surface area contributed by atoms with Gasteiger partial charge in [-0.15, -0.1) is 13.2 Å². The predicted molar refractivity (Wildman–Crippen MR) is 67.7 cm³/mol. The Balaban J connectivity index is 2.48. The van der Waals surface area contributed by atoms with Gasteiger partial charge in [0.25, 0.3) is 0 Å². The summed E-state index contributed by atoms with van der Waals surface area (Å²) in [4.78, 5) is 15.4. The van der Waals surface area contributed by atoms with Crippen LogP contribution in [-0.4, -0.2) is 24.4 Å². The monoisotopic (exact) mass is 315 g/mol. The molecule has 1 heterocycles. The highest BCUT2D eigenvalue weighted by atomic mass is 19.4. The molecule has 4 nitrogen and oxygen atoms in total. The van der Waals surface area contributed by atoms with Gasteiger partial charge in [0.2, 0.25) is 0 Å². The maximum absolute atomic E-state index is 13.2. The summed E-state index contributed by atoms with van der Waals surface area (Å²) >= 11 is 0. The Kier molecular flexibility index (Phi) is 4.30. The lowest BCUT2D eigenvalue weighted by Gasteiger charge is -2.11. The van der Waals surface area contributed by atoms with E-state index < -0.39 is 23.9 Å². The molecule has 0 bridgehead atoms. The van der Waals surface area contributed by atoms with Gasteiger partial charge in [-0.2, -0.15) is 0 Å². The first-order chi connectivity index (χ1) is 10.3. The van der Waals surface area contributed by atoms with E-state index in [-0.39, 0.29) is 16.8 Å². The van der Waals surface area contributed by atoms with Crippen molar-refractivity contribution < 1.29 is 31.8 Å². The molecule has 22 heavy (non-hydrogen) atoms. The molecule has 2 aromatic rings. The van der Waals surface area contributed by atoms with Gasteiger partial charge in [0.15, 0.2) is 0 Å². The zero-order valence-corrected chi connectivity index (χ0v) is 11.1. The molecule has 1 aromatic heterocycles. The van der Waals surface area contributed by atoms with Crippen LogP contribution in [0.4, 0.5) is 17.6 Å². The van der Waals surface area contributed by atoms with Crippen LogP contribution >= 0.6 is 0 Å². The van der Waals surface area contributed by atoms with Crippen molar-refractivity contribution in [3.63, 3.8) is 0 Å². The van der Waals surface area contributed by atoms with Crippen LogP contribution in [0.25, 0.3) is 11.3 Å². The molecular weight excluding hydrogens is 306 g/mol. The number of aromatic nitrogens is 1. The van der Waals surface area contributed by atoms with E-state index >= 15 is 0 Å². The number of carbonyl (C=O) groups is 1. The molecule has 0 N–H and O–H groups in total. The second-order valence-corrected chi connectivity index (χ2v) is 4.12. The molecule has 0 spiro atoms. The molecular formula is C14H9F4NO3. The summed E-state index contributed by atoms with van der Waals surface area (Å²) in [6.45, 7) is 0. The first-order valence-corrected chi connectivity index (χ1v) is 5.90. The number of hydrogen-bond acceptors (Lipinski definition) is 4. The first-order valence-electron chi connectivity index (χ1n) is 5.90. The molecule has 8 heteroatoms. The van der Waals surface area contributed by atoms with Crippen LogP contribution in [0.5, 0.6) is 5.75 Å². The predicted octanol–water partition coefficient (Wildman–Crippen LogP) is 3.57. The van der Waals surface area contributed by atoms with Gasteiger partial charge >= 0.3 is 12.3 Å². The number of halogens is 4. The molecule has 1 aromatic carbocycles. The number of benzene rings is 1. The molecule has 0 aliphatic heterocycles. The summed E-state index contributed by atoms with van der Waals surface area (Å²) in [5.41, 5.74) is -0.0605. The van der Waals surface area contributed by atoms with E-state index in [9.17, 15) is 22.4 Å². The highest BCUT2D eigenvalue weighted by Crippen LogP contribution is 2.29. The lowest BCUT2D eigenvalue weighted by atomic mass is 10.1. The number of nitrogens with zero attached hydrogens (tertiary/aromatic N) is 1. The Bertz CT molecular complexity index is 701. The van der Waals surface area contributed by atoms with Crippen LogP contribution in [0, 0.1) is 5.82 Å². The normalized spacial score (nSPS) is 11.1. The summed E-state index contributed by atoms with van der Waals surface area (Å²) in [5.74, 6) is -2.11. The van der Waals surface area contributed by atoms with Gasteiger partial charge < -0.3 is 9.47 Å². The average Bonchev–Trinajstić information content (AvgIpc) is 2.44. The zero-order valence-electron chi connectivity index (χ0n) is 11.1. The fraction of sp³-hybridized carbons (Fsp3) is 0.143. The summed E-state index contributed by atoms with van der Waals surface area (Å²) in [6, 6.07) is 5.74. The molecule has 0 aliphatic rings. The number of hydrogen-bond donors (Lipinski definition) is 0. The lowest BCUT2D eigenvalue weighted by molar-refractivity contribution is -0.274.